The maximum atomic E-state index is 13.2. The summed E-state index contributed by atoms with van der Waals surface area (Å²) in [7, 11) is -4.08. The highest BCUT2D eigenvalue weighted by molar-refractivity contribution is 7.92. The van der Waals surface area contributed by atoms with Gasteiger partial charge in [0.25, 0.3) is 15.9 Å². The number of carbonyl (C=O) groups is 3. The maximum Gasteiger partial charge on any atom is 0.340 e. The van der Waals surface area contributed by atoms with Crippen molar-refractivity contribution in [3.8, 4) is 0 Å². The van der Waals surface area contributed by atoms with E-state index in [-0.39, 0.29) is 22.0 Å². The van der Waals surface area contributed by atoms with Gasteiger partial charge in [-0.1, -0.05) is 35.9 Å². The van der Waals surface area contributed by atoms with Gasteiger partial charge in [-0.25, -0.2) is 18.0 Å². The third kappa shape index (κ3) is 6.32. The van der Waals surface area contributed by atoms with Gasteiger partial charge in [-0.2, -0.15) is 0 Å². The van der Waals surface area contributed by atoms with Crippen molar-refractivity contribution in [1.29, 1.82) is 0 Å². The standard InChI is InChI=1S/C21H22ClN3O6S/c1-3-12-25(15-8-6-5-7-9-15)32(29,30)16-10-11-18(22)17(13-16)20(27)31-14-19(26)24-21(28)23-4-2/h3,5-11,13H,1,4,12,14H2,2H3,(H2,23,24,26,28). The fraction of sp³-hybridized carbons (Fsp3) is 0.190. The Morgan fingerprint density at radius 3 is 2.47 bits per heavy atom. The Hall–Kier alpha value is -3.37. The summed E-state index contributed by atoms with van der Waals surface area (Å²) in [5, 5.41) is 4.26. The topological polar surface area (TPSA) is 122 Å². The van der Waals surface area contributed by atoms with Crippen LogP contribution < -0.4 is 14.9 Å². The molecule has 2 aromatic rings. The third-order valence-corrected chi connectivity index (χ3v) is 6.13. The number of urea groups is 1. The highest BCUT2D eigenvalue weighted by Crippen LogP contribution is 2.27. The average Bonchev–Trinajstić information content (AvgIpc) is 2.76. The van der Waals surface area contributed by atoms with Crippen molar-refractivity contribution >= 4 is 45.2 Å². The van der Waals surface area contributed by atoms with Gasteiger partial charge in [0.2, 0.25) is 0 Å². The number of ether oxygens (including phenoxy) is 1. The molecular formula is C21H22ClN3O6S. The van der Waals surface area contributed by atoms with Crippen molar-refractivity contribution in [2.24, 2.45) is 0 Å². The van der Waals surface area contributed by atoms with Crippen LogP contribution >= 0.6 is 11.6 Å². The number of carbonyl (C=O) groups excluding carboxylic acids is 3. The second-order valence-electron chi connectivity index (χ2n) is 6.29. The number of hydrogen-bond donors (Lipinski definition) is 2. The van der Waals surface area contributed by atoms with Crippen LogP contribution in [-0.2, 0) is 19.6 Å². The molecule has 2 rings (SSSR count). The Morgan fingerprint density at radius 2 is 1.84 bits per heavy atom. The Kier molecular flexibility index (Phi) is 8.80. The quantitative estimate of drug-likeness (QED) is 0.421. The molecule has 0 atom stereocenters. The molecule has 11 heteroatoms. The van der Waals surface area contributed by atoms with E-state index in [0.717, 1.165) is 10.4 Å². The van der Waals surface area contributed by atoms with Crippen molar-refractivity contribution in [3.63, 3.8) is 0 Å². The van der Waals surface area contributed by atoms with E-state index in [1.165, 1.54) is 18.2 Å². The minimum atomic E-state index is -4.08. The Bertz CT molecular complexity index is 1110. The third-order valence-electron chi connectivity index (χ3n) is 4.01. The smallest absolute Gasteiger partial charge is 0.340 e. The van der Waals surface area contributed by atoms with Crippen molar-refractivity contribution in [3.05, 3.63) is 71.8 Å². The summed E-state index contributed by atoms with van der Waals surface area (Å²) < 4.78 is 32.5. The van der Waals surface area contributed by atoms with Crippen molar-refractivity contribution in [2.45, 2.75) is 11.8 Å². The number of esters is 1. The van der Waals surface area contributed by atoms with Crippen LogP contribution in [0.25, 0.3) is 0 Å². The van der Waals surface area contributed by atoms with Crippen LogP contribution in [0, 0.1) is 0 Å². The van der Waals surface area contributed by atoms with Crippen molar-refractivity contribution in [1.82, 2.24) is 10.6 Å². The van der Waals surface area contributed by atoms with Gasteiger partial charge in [-0.05, 0) is 37.3 Å². The van der Waals surface area contributed by atoms with E-state index in [4.69, 9.17) is 16.3 Å². The number of anilines is 1. The summed E-state index contributed by atoms with van der Waals surface area (Å²) in [5.41, 5.74) is 0.165. The molecule has 0 aromatic heterocycles. The summed E-state index contributed by atoms with van der Waals surface area (Å²) >= 11 is 6.05. The first kappa shape index (κ1) is 24.9. The zero-order valence-electron chi connectivity index (χ0n) is 17.2. The number of benzene rings is 2. The highest BCUT2D eigenvalue weighted by atomic mass is 35.5. The highest BCUT2D eigenvalue weighted by Gasteiger charge is 2.26. The Morgan fingerprint density at radius 1 is 1.16 bits per heavy atom. The van der Waals surface area contributed by atoms with E-state index in [2.05, 4.69) is 11.9 Å². The van der Waals surface area contributed by atoms with Gasteiger partial charge in [0, 0.05) is 6.54 Å². The fourth-order valence-electron chi connectivity index (χ4n) is 2.58. The molecule has 0 aliphatic carbocycles. The largest absolute Gasteiger partial charge is 0.452 e. The summed E-state index contributed by atoms with van der Waals surface area (Å²) in [6, 6.07) is 11.2. The molecule has 32 heavy (non-hydrogen) atoms. The molecule has 0 fully saturated rings. The molecule has 3 amide bonds. The average molecular weight is 480 g/mol. The monoisotopic (exact) mass is 479 g/mol. The van der Waals surface area contributed by atoms with E-state index in [0.29, 0.717) is 12.2 Å². The molecule has 0 unspecified atom stereocenters. The van der Waals surface area contributed by atoms with Gasteiger partial charge in [0.1, 0.15) is 0 Å². The van der Waals surface area contributed by atoms with Crippen LogP contribution in [-0.4, -0.2) is 46.0 Å². The molecule has 0 heterocycles. The summed E-state index contributed by atoms with van der Waals surface area (Å²) in [6.45, 7) is 4.81. The van der Waals surface area contributed by atoms with E-state index in [9.17, 15) is 22.8 Å². The zero-order valence-corrected chi connectivity index (χ0v) is 18.8. The van der Waals surface area contributed by atoms with E-state index in [1.807, 2.05) is 5.32 Å². The lowest BCUT2D eigenvalue weighted by Gasteiger charge is -2.23. The molecule has 0 aliphatic heterocycles. The van der Waals surface area contributed by atoms with Crippen LogP contribution in [0.4, 0.5) is 10.5 Å². The number of nitrogens with zero attached hydrogens (tertiary/aromatic N) is 1. The number of imide groups is 1. The lowest BCUT2D eigenvalue weighted by atomic mass is 10.2. The summed E-state index contributed by atoms with van der Waals surface area (Å²) in [6.07, 6.45) is 1.43. The molecule has 0 spiro atoms. The first-order valence-electron chi connectivity index (χ1n) is 9.43. The maximum absolute atomic E-state index is 13.2. The number of hydrogen-bond acceptors (Lipinski definition) is 6. The number of halogens is 1. The van der Waals surface area contributed by atoms with Gasteiger partial charge in [0.05, 0.1) is 27.7 Å². The lowest BCUT2D eigenvalue weighted by Crippen LogP contribution is -2.41. The molecular weight excluding hydrogens is 458 g/mol. The first-order valence-corrected chi connectivity index (χ1v) is 11.3. The second-order valence-corrected chi connectivity index (χ2v) is 8.56. The normalized spacial score (nSPS) is 10.7. The zero-order chi connectivity index (χ0) is 23.7. The fourth-order valence-corrected chi connectivity index (χ4v) is 4.24. The molecule has 2 N–H and O–H groups in total. The summed E-state index contributed by atoms with van der Waals surface area (Å²) in [4.78, 5) is 35.2. The molecule has 0 aliphatic rings. The Balaban J connectivity index is 2.25. The SMILES string of the molecule is C=CCN(c1ccccc1)S(=O)(=O)c1ccc(Cl)c(C(=O)OCC(=O)NC(=O)NCC)c1. The van der Waals surface area contributed by atoms with Gasteiger partial charge >= 0.3 is 12.0 Å². The molecule has 0 bridgehead atoms. The number of rotatable bonds is 9. The number of amides is 3. The molecule has 0 saturated carbocycles. The predicted molar refractivity (Wildman–Crippen MR) is 120 cm³/mol. The first-order chi connectivity index (χ1) is 15.2. The number of para-hydroxylation sites is 1. The molecule has 170 valence electrons. The molecule has 0 radical (unpaired) electrons. The predicted octanol–water partition coefficient (Wildman–Crippen LogP) is 2.72. The van der Waals surface area contributed by atoms with Crippen LogP contribution in [0.3, 0.4) is 0 Å². The second kappa shape index (κ2) is 11.3. The van der Waals surface area contributed by atoms with E-state index >= 15 is 0 Å². The van der Waals surface area contributed by atoms with Crippen LogP contribution in [0.5, 0.6) is 0 Å². The van der Waals surface area contributed by atoms with Gasteiger partial charge in [-0.3, -0.25) is 14.4 Å². The minimum absolute atomic E-state index is 0.00521. The molecule has 2 aromatic carbocycles. The number of sulfonamides is 1. The lowest BCUT2D eigenvalue weighted by molar-refractivity contribution is -0.123. The van der Waals surface area contributed by atoms with Gasteiger partial charge in [-0.15, -0.1) is 6.58 Å². The summed E-state index contributed by atoms with van der Waals surface area (Å²) in [5.74, 6) is -1.88. The van der Waals surface area contributed by atoms with Crippen LogP contribution in [0.15, 0.2) is 66.1 Å². The minimum Gasteiger partial charge on any atom is -0.452 e. The van der Waals surface area contributed by atoms with Gasteiger partial charge < -0.3 is 10.1 Å². The molecule has 0 saturated heterocycles. The van der Waals surface area contributed by atoms with E-state index in [1.54, 1.807) is 37.3 Å². The van der Waals surface area contributed by atoms with Crippen LogP contribution in [0.1, 0.15) is 17.3 Å². The Labute approximate surface area is 191 Å². The van der Waals surface area contributed by atoms with Gasteiger partial charge in [0.15, 0.2) is 6.61 Å². The number of nitrogens with one attached hydrogen (secondary N) is 2. The van der Waals surface area contributed by atoms with Crippen molar-refractivity contribution < 1.29 is 27.5 Å². The van der Waals surface area contributed by atoms with Crippen LogP contribution in [0.2, 0.25) is 5.02 Å². The van der Waals surface area contributed by atoms with E-state index < -0.39 is 34.5 Å². The van der Waals surface area contributed by atoms with Crippen molar-refractivity contribution in [2.75, 3.05) is 24.0 Å². The molecule has 9 nitrogen and oxygen atoms in total.